The zero-order chi connectivity index (χ0) is 20.4. The number of rotatable bonds is 6. The number of benzene rings is 2. The average molecular weight is 407 g/mol. The van der Waals surface area contributed by atoms with Gasteiger partial charge in [0.15, 0.2) is 5.16 Å². The summed E-state index contributed by atoms with van der Waals surface area (Å²) in [6.45, 7) is 4.72. The fourth-order valence-electron chi connectivity index (χ4n) is 3.14. The molecule has 1 amide bonds. The quantitative estimate of drug-likeness (QED) is 0.378. The molecule has 0 aliphatic heterocycles. The summed E-state index contributed by atoms with van der Waals surface area (Å²) in [6, 6.07) is 17.1. The van der Waals surface area contributed by atoms with Crippen LogP contribution >= 0.6 is 11.8 Å². The van der Waals surface area contributed by atoms with Gasteiger partial charge in [0.05, 0.1) is 11.4 Å². The average Bonchev–Trinajstić information content (AvgIpc) is 3.10. The number of hydrogen-bond acceptors (Lipinski definition) is 4. The second kappa shape index (κ2) is 8.13. The van der Waals surface area contributed by atoms with Crippen molar-refractivity contribution in [3.8, 4) is 5.69 Å². The maximum absolute atomic E-state index is 13.4. The molecule has 0 saturated heterocycles. The van der Waals surface area contributed by atoms with E-state index in [9.17, 15) is 9.59 Å². The van der Waals surface area contributed by atoms with Crippen LogP contribution in [0, 0.1) is 5.92 Å². The molecule has 4 rings (SSSR count). The minimum Gasteiger partial charge on any atom is -0.355 e. The van der Waals surface area contributed by atoms with Gasteiger partial charge in [0, 0.05) is 17.4 Å². The standard InChI is InChI=1S/C22H22N4O2S/c1-14(2)12-23-18(27)13-29-22-25-19-16-10-6-7-11-17(16)24-20(19)21(28)26(22)15-8-4-3-5-9-15/h3-11,14,24H,12-13H2,1-2H3,(H,23,27). The summed E-state index contributed by atoms with van der Waals surface area (Å²) < 4.78 is 1.57. The number of nitrogens with one attached hydrogen (secondary N) is 2. The van der Waals surface area contributed by atoms with Crippen LogP contribution in [-0.2, 0) is 4.79 Å². The molecule has 4 aromatic rings. The second-order valence-electron chi connectivity index (χ2n) is 7.25. The summed E-state index contributed by atoms with van der Waals surface area (Å²) in [7, 11) is 0. The number of aromatic nitrogens is 3. The Bertz CT molecular complexity index is 1230. The molecule has 29 heavy (non-hydrogen) atoms. The predicted molar refractivity (Wildman–Crippen MR) is 118 cm³/mol. The predicted octanol–water partition coefficient (Wildman–Crippen LogP) is 3.73. The summed E-state index contributed by atoms with van der Waals surface area (Å²) in [5.41, 5.74) is 2.49. The number of carbonyl (C=O) groups is 1. The zero-order valence-electron chi connectivity index (χ0n) is 16.3. The van der Waals surface area contributed by atoms with Crippen LogP contribution in [0.1, 0.15) is 13.8 Å². The van der Waals surface area contributed by atoms with Gasteiger partial charge < -0.3 is 10.3 Å². The summed E-state index contributed by atoms with van der Waals surface area (Å²) in [4.78, 5) is 33.6. The molecule has 0 bridgehead atoms. The Hall–Kier alpha value is -3.06. The molecule has 0 aliphatic rings. The van der Waals surface area contributed by atoms with Crippen LogP contribution in [0.15, 0.2) is 64.5 Å². The molecule has 0 unspecified atom stereocenters. The van der Waals surface area contributed by atoms with Gasteiger partial charge in [0.2, 0.25) is 5.91 Å². The van der Waals surface area contributed by atoms with Crippen LogP contribution in [0.5, 0.6) is 0 Å². The summed E-state index contributed by atoms with van der Waals surface area (Å²) >= 11 is 1.27. The van der Waals surface area contributed by atoms with Crippen molar-refractivity contribution >= 4 is 39.6 Å². The molecule has 7 heteroatoms. The molecule has 0 atom stereocenters. The Morgan fingerprint density at radius 1 is 1.14 bits per heavy atom. The lowest BCUT2D eigenvalue weighted by Gasteiger charge is -2.12. The minimum absolute atomic E-state index is 0.0726. The smallest absolute Gasteiger partial charge is 0.283 e. The number of carbonyl (C=O) groups excluding carboxylic acids is 1. The largest absolute Gasteiger partial charge is 0.355 e. The highest BCUT2D eigenvalue weighted by Gasteiger charge is 2.18. The van der Waals surface area contributed by atoms with Gasteiger partial charge in [-0.1, -0.05) is 62.0 Å². The van der Waals surface area contributed by atoms with Crippen LogP contribution in [0.3, 0.4) is 0 Å². The van der Waals surface area contributed by atoms with Gasteiger partial charge in [0.1, 0.15) is 11.0 Å². The Morgan fingerprint density at radius 3 is 2.62 bits per heavy atom. The van der Waals surface area contributed by atoms with Crippen LogP contribution in [0.25, 0.3) is 27.6 Å². The van der Waals surface area contributed by atoms with Gasteiger partial charge >= 0.3 is 0 Å². The summed E-state index contributed by atoms with van der Waals surface area (Å²) in [5, 5.41) is 4.30. The molecular formula is C22H22N4O2S. The number of para-hydroxylation sites is 2. The van der Waals surface area contributed by atoms with Crippen molar-refractivity contribution in [3.05, 3.63) is 65.0 Å². The third-order valence-electron chi connectivity index (χ3n) is 4.55. The molecule has 2 aromatic carbocycles. The van der Waals surface area contributed by atoms with E-state index in [0.29, 0.717) is 28.7 Å². The van der Waals surface area contributed by atoms with Crippen molar-refractivity contribution in [2.75, 3.05) is 12.3 Å². The van der Waals surface area contributed by atoms with E-state index < -0.39 is 0 Å². The van der Waals surface area contributed by atoms with Crippen molar-refractivity contribution < 1.29 is 4.79 Å². The molecule has 2 heterocycles. The van der Waals surface area contributed by atoms with E-state index in [-0.39, 0.29) is 17.2 Å². The van der Waals surface area contributed by atoms with E-state index in [4.69, 9.17) is 4.98 Å². The molecule has 0 saturated carbocycles. The summed E-state index contributed by atoms with van der Waals surface area (Å²) in [6.07, 6.45) is 0. The maximum Gasteiger partial charge on any atom is 0.283 e. The molecule has 0 radical (unpaired) electrons. The van der Waals surface area contributed by atoms with Crippen molar-refractivity contribution in [3.63, 3.8) is 0 Å². The first-order chi connectivity index (χ1) is 14.0. The monoisotopic (exact) mass is 406 g/mol. The fraction of sp³-hybridized carbons (Fsp3) is 0.227. The third-order valence-corrected chi connectivity index (χ3v) is 5.49. The number of thioether (sulfide) groups is 1. The molecular weight excluding hydrogens is 384 g/mol. The van der Waals surface area contributed by atoms with E-state index in [1.807, 2.05) is 68.4 Å². The second-order valence-corrected chi connectivity index (χ2v) is 8.19. The van der Waals surface area contributed by atoms with E-state index in [1.54, 1.807) is 4.57 Å². The Morgan fingerprint density at radius 2 is 1.86 bits per heavy atom. The molecule has 6 nitrogen and oxygen atoms in total. The highest BCUT2D eigenvalue weighted by Crippen LogP contribution is 2.26. The lowest BCUT2D eigenvalue weighted by molar-refractivity contribution is -0.118. The van der Waals surface area contributed by atoms with Crippen LogP contribution in [0.4, 0.5) is 0 Å². The van der Waals surface area contributed by atoms with Crippen LogP contribution in [0.2, 0.25) is 0 Å². The maximum atomic E-state index is 13.4. The minimum atomic E-state index is -0.178. The van der Waals surface area contributed by atoms with Crippen molar-refractivity contribution in [2.45, 2.75) is 19.0 Å². The number of hydrogen-bond donors (Lipinski definition) is 2. The molecule has 2 aromatic heterocycles. The highest BCUT2D eigenvalue weighted by atomic mass is 32.2. The number of fused-ring (bicyclic) bond motifs is 3. The number of H-pyrrole nitrogens is 1. The Balaban J connectivity index is 1.81. The first-order valence-electron chi connectivity index (χ1n) is 9.53. The fourth-order valence-corrected chi connectivity index (χ4v) is 3.98. The van der Waals surface area contributed by atoms with Crippen molar-refractivity contribution in [1.29, 1.82) is 0 Å². The van der Waals surface area contributed by atoms with E-state index in [1.165, 1.54) is 11.8 Å². The van der Waals surface area contributed by atoms with Gasteiger partial charge in [-0.3, -0.25) is 14.2 Å². The van der Waals surface area contributed by atoms with E-state index >= 15 is 0 Å². The van der Waals surface area contributed by atoms with Crippen LogP contribution < -0.4 is 10.9 Å². The molecule has 148 valence electrons. The van der Waals surface area contributed by atoms with Gasteiger partial charge in [-0.05, 0) is 24.1 Å². The number of amides is 1. The Kier molecular flexibility index (Phi) is 5.40. The lowest BCUT2D eigenvalue weighted by atomic mass is 10.2. The topological polar surface area (TPSA) is 79.8 Å². The highest BCUT2D eigenvalue weighted by molar-refractivity contribution is 7.99. The van der Waals surface area contributed by atoms with Gasteiger partial charge in [0.25, 0.3) is 5.56 Å². The zero-order valence-corrected chi connectivity index (χ0v) is 17.1. The first-order valence-corrected chi connectivity index (χ1v) is 10.5. The Labute approximate surface area is 172 Å². The van der Waals surface area contributed by atoms with Gasteiger partial charge in [-0.2, -0.15) is 0 Å². The molecule has 2 N–H and O–H groups in total. The van der Waals surface area contributed by atoms with E-state index in [2.05, 4.69) is 10.3 Å². The van der Waals surface area contributed by atoms with Crippen molar-refractivity contribution in [1.82, 2.24) is 19.9 Å². The molecule has 0 spiro atoms. The SMILES string of the molecule is CC(C)CNC(=O)CSc1nc2c([nH]c3ccccc32)c(=O)n1-c1ccccc1. The molecule has 0 aliphatic carbocycles. The number of aromatic amines is 1. The number of nitrogens with zero attached hydrogens (tertiary/aromatic N) is 2. The van der Waals surface area contributed by atoms with Crippen molar-refractivity contribution in [2.24, 2.45) is 5.92 Å². The first kappa shape index (κ1) is 19.3. The van der Waals surface area contributed by atoms with E-state index in [0.717, 1.165) is 16.6 Å². The molecule has 0 fully saturated rings. The van der Waals surface area contributed by atoms with Gasteiger partial charge in [-0.15, -0.1) is 0 Å². The van der Waals surface area contributed by atoms with Gasteiger partial charge in [-0.25, -0.2) is 4.98 Å². The normalized spacial score (nSPS) is 11.4. The summed E-state index contributed by atoms with van der Waals surface area (Å²) in [5.74, 6) is 0.503. The van der Waals surface area contributed by atoms with Crippen LogP contribution in [-0.4, -0.2) is 32.7 Å². The lowest BCUT2D eigenvalue weighted by Crippen LogP contribution is -2.29. The third kappa shape index (κ3) is 3.91.